The summed E-state index contributed by atoms with van der Waals surface area (Å²) in [6.07, 6.45) is 9.55. The fourth-order valence-corrected chi connectivity index (χ4v) is 2.82. The van der Waals surface area contributed by atoms with E-state index < -0.39 is 0 Å². The maximum atomic E-state index is 10.8. The predicted molar refractivity (Wildman–Crippen MR) is 65.7 cm³/mol. The number of allylic oxidation sites excluding steroid dienone is 3. The van der Waals surface area contributed by atoms with Crippen molar-refractivity contribution in [3.05, 3.63) is 36.0 Å². The van der Waals surface area contributed by atoms with Crippen LogP contribution in [-0.4, -0.2) is 29.7 Å². The summed E-state index contributed by atoms with van der Waals surface area (Å²) < 4.78 is 0. The summed E-state index contributed by atoms with van der Waals surface area (Å²) in [6, 6.07) is 0. The molecule has 0 aromatic heterocycles. The van der Waals surface area contributed by atoms with Crippen molar-refractivity contribution in [2.75, 3.05) is 6.61 Å². The van der Waals surface area contributed by atoms with Crippen LogP contribution in [0.3, 0.4) is 0 Å². The van der Waals surface area contributed by atoms with E-state index in [0.29, 0.717) is 16.9 Å². The SMILES string of the molecule is C=CC(=[C-]C1=CC[C@H]2C[C@@H]1C2(C)C)C[O-].[Mg+2]. The molecule has 1 saturated carbocycles. The predicted octanol–water partition coefficient (Wildman–Crippen LogP) is 1.87. The molecular formula is C14H18MgO. The Morgan fingerprint density at radius 2 is 2.38 bits per heavy atom. The van der Waals surface area contributed by atoms with Crippen LogP contribution in [0.1, 0.15) is 26.7 Å². The Labute approximate surface area is 114 Å². The third kappa shape index (κ3) is 2.15. The van der Waals surface area contributed by atoms with Gasteiger partial charge in [0, 0.05) is 0 Å². The second-order valence-corrected chi connectivity index (χ2v) is 5.20. The van der Waals surface area contributed by atoms with Gasteiger partial charge < -0.3 is 5.11 Å². The summed E-state index contributed by atoms with van der Waals surface area (Å²) in [6.45, 7) is 8.08. The van der Waals surface area contributed by atoms with Gasteiger partial charge in [0.15, 0.2) is 0 Å². The van der Waals surface area contributed by atoms with Gasteiger partial charge in [0.1, 0.15) is 0 Å². The molecule has 3 rings (SSSR count). The van der Waals surface area contributed by atoms with E-state index in [4.69, 9.17) is 0 Å². The zero-order valence-electron chi connectivity index (χ0n) is 10.3. The van der Waals surface area contributed by atoms with E-state index in [2.05, 4.69) is 32.6 Å². The van der Waals surface area contributed by atoms with Gasteiger partial charge in [-0.3, -0.25) is 0 Å². The monoisotopic (exact) mass is 226 g/mol. The molecule has 0 aliphatic heterocycles. The topological polar surface area (TPSA) is 23.1 Å². The van der Waals surface area contributed by atoms with Crippen LogP contribution in [0.25, 0.3) is 0 Å². The fourth-order valence-electron chi connectivity index (χ4n) is 2.82. The Hall–Kier alpha value is -0.0538. The van der Waals surface area contributed by atoms with Crippen molar-refractivity contribution in [2.24, 2.45) is 17.3 Å². The van der Waals surface area contributed by atoms with Gasteiger partial charge >= 0.3 is 23.1 Å². The molecule has 0 N–H and O–H groups in total. The molecule has 3 aliphatic carbocycles. The maximum Gasteiger partial charge on any atom is 2.00 e. The standard InChI is InChI=1S/C14H18O.Mg/c1-4-10(9-15)7-11-5-6-12-8-13(11)14(12,2)3;/h4-5,12-13H,1,6,8-9H2,2-3H3;/q-2;+2/t12-,13-;/m0./s1. The van der Waals surface area contributed by atoms with Gasteiger partial charge in [0.2, 0.25) is 0 Å². The van der Waals surface area contributed by atoms with Crippen LogP contribution < -0.4 is 5.11 Å². The van der Waals surface area contributed by atoms with Gasteiger partial charge in [0.25, 0.3) is 0 Å². The summed E-state index contributed by atoms with van der Waals surface area (Å²) >= 11 is 0. The van der Waals surface area contributed by atoms with Crippen molar-refractivity contribution in [3.8, 4) is 0 Å². The maximum absolute atomic E-state index is 10.8. The van der Waals surface area contributed by atoms with Crippen LogP contribution in [-0.2, 0) is 0 Å². The zero-order valence-corrected chi connectivity index (χ0v) is 11.7. The van der Waals surface area contributed by atoms with Gasteiger partial charge in [0.05, 0.1) is 0 Å². The Morgan fingerprint density at radius 3 is 2.81 bits per heavy atom. The molecule has 3 aliphatic rings. The van der Waals surface area contributed by atoms with Crippen LogP contribution in [0.2, 0.25) is 0 Å². The molecule has 0 spiro atoms. The molecule has 1 fully saturated rings. The quantitative estimate of drug-likeness (QED) is 0.409. The van der Waals surface area contributed by atoms with Crippen molar-refractivity contribution in [1.29, 1.82) is 0 Å². The molecule has 2 atom stereocenters. The average Bonchev–Trinajstić information content (AvgIpc) is 2.25. The van der Waals surface area contributed by atoms with Gasteiger partial charge in [-0.1, -0.05) is 20.3 Å². The van der Waals surface area contributed by atoms with E-state index in [-0.39, 0.29) is 29.7 Å². The van der Waals surface area contributed by atoms with Crippen molar-refractivity contribution < 1.29 is 5.11 Å². The molecule has 2 bridgehead atoms. The van der Waals surface area contributed by atoms with Crippen LogP contribution >= 0.6 is 0 Å². The molecule has 16 heavy (non-hydrogen) atoms. The van der Waals surface area contributed by atoms with Gasteiger partial charge in [-0.2, -0.15) is 36.0 Å². The summed E-state index contributed by atoms with van der Waals surface area (Å²) in [5, 5.41) is 10.8. The Bertz CT molecular complexity index is 339. The minimum atomic E-state index is -0.211. The van der Waals surface area contributed by atoms with E-state index in [1.54, 1.807) is 6.08 Å². The summed E-state index contributed by atoms with van der Waals surface area (Å²) in [5.41, 5.74) is 2.35. The molecule has 0 saturated heterocycles. The van der Waals surface area contributed by atoms with Gasteiger partial charge in [-0.15, -0.1) is 6.61 Å². The Morgan fingerprint density at radius 1 is 1.69 bits per heavy atom. The zero-order chi connectivity index (χ0) is 11.1. The third-order valence-electron chi connectivity index (χ3n) is 4.18. The molecule has 0 heterocycles. The first kappa shape index (κ1) is 14.0. The van der Waals surface area contributed by atoms with E-state index in [1.165, 1.54) is 12.0 Å². The van der Waals surface area contributed by atoms with E-state index in [0.717, 1.165) is 12.3 Å². The first-order valence-corrected chi connectivity index (χ1v) is 5.63. The van der Waals surface area contributed by atoms with Crippen LogP contribution in [0, 0.1) is 23.3 Å². The van der Waals surface area contributed by atoms with Gasteiger partial charge in [-0.25, -0.2) is 0 Å². The summed E-state index contributed by atoms with van der Waals surface area (Å²) in [4.78, 5) is 0. The molecule has 0 amide bonds. The third-order valence-corrected chi connectivity index (χ3v) is 4.18. The molecule has 0 unspecified atom stereocenters. The van der Waals surface area contributed by atoms with Crippen LogP contribution in [0.4, 0.5) is 0 Å². The van der Waals surface area contributed by atoms with E-state index >= 15 is 0 Å². The Kier molecular flexibility index (Phi) is 4.44. The minimum Gasteiger partial charge on any atom is -0.853 e. The van der Waals surface area contributed by atoms with Crippen LogP contribution in [0.15, 0.2) is 29.9 Å². The molecule has 0 radical (unpaired) electrons. The van der Waals surface area contributed by atoms with Crippen molar-refractivity contribution in [2.45, 2.75) is 26.7 Å². The van der Waals surface area contributed by atoms with Crippen molar-refractivity contribution >= 4 is 23.1 Å². The molecule has 1 nitrogen and oxygen atoms in total. The molecule has 2 heteroatoms. The molecular weight excluding hydrogens is 208 g/mol. The smallest absolute Gasteiger partial charge is 0.853 e. The number of rotatable bonds is 3. The fraction of sp³-hybridized carbons (Fsp3) is 0.571. The Balaban J connectivity index is 0.00000128. The van der Waals surface area contributed by atoms with Gasteiger partial charge in [-0.05, 0) is 23.7 Å². The molecule has 0 aromatic rings. The minimum absolute atomic E-state index is 0. The van der Waals surface area contributed by atoms with E-state index in [1.807, 2.05) is 0 Å². The summed E-state index contributed by atoms with van der Waals surface area (Å²) in [7, 11) is 0. The number of hydrogen-bond donors (Lipinski definition) is 0. The first-order chi connectivity index (χ1) is 7.09. The van der Waals surface area contributed by atoms with Crippen LogP contribution in [0.5, 0.6) is 0 Å². The normalized spacial score (nSPS) is 30.9. The number of hydrogen-bond acceptors (Lipinski definition) is 1. The second-order valence-electron chi connectivity index (χ2n) is 5.20. The van der Waals surface area contributed by atoms with Crippen molar-refractivity contribution in [3.63, 3.8) is 0 Å². The largest absolute Gasteiger partial charge is 2.00 e. The molecule has 82 valence electrons. The first-order valence-electron chi connectivity index (χ1n) is 5.63. The average molecular weight is 227 g/mol. The van der Waals surface area contributed by atoms with E-state index in [9.17, 15) is 5.11 Å². The summed E-state index contributed by atoms with van der Waals surface area (Å²) in [5.74, 6) is 1.45. The number of fused-ring (bicyclic) bond motifs is 1. The molecule has 0 aromatic carbocycles. The van der Waals surface area contributed by atoms with Crippen molar-refractivity contribution in [1.82, 2.24) is 0 Å². The second kappa shape index (κ2) is 5.07.